The molecule has 17 heavy (non-hydrogen) atoms. The summed E-state index contributed by atoms with van der Waals surface area (Å²) in [4.78, 5) is 22.9. The Morgan fingerprint density at radius 3 is 2.94 bits per heavy atom. The number of allylic oxidation sites excluding steroid dienone is 4. The summed E-state index contributed by atoms with van der Waals surface area (Å²) in [5.74, 6) is -1.64. The normalized spacial score (nSPS) is 28.6. The minimum Gasteiger partial charge on any atom is -0.329 e. The molecule has 3 nitrogen and oxygen atoms in total. The molecule has 0 bridgehead atoms. The van der Waals surface area contributed by atoms with Crippen molar-refractivity contribution in [1.29, 1.82) is 0 Å². The maximum Gasteiger partial charge on any atom is 0.221 e. The van der Waals surface area contributed by atoms with Crippen molar-refractivity contribution >= 4 is 23.3 Å². The summed E-state index contributed by atoms with van der Waals surface area (Å²) in [7, 11) is 0. The quantitative estimate of drug-likeness (QED) is 0.784. The second kappa shape index (κ2) is 4.61. The number of halogens is 2. The number of ketones is 1. The molecule has 2 aliphatic carbocycles. The van der Waals surface area contributed by atoms with Gasteiger partial charge in [0.05, 0.1) is 11.0 Å². The van der Waals surface area contributed by atoms with Crippen LogP contribution in [0.15, 0.2) is 22.6 Å². The van der Waals surface area contributed by atoms with Gasteiger partial charge in [0, 0.05) is 25.0 Å². The molecular weight excluding hydrogens is 245 g/mol. The first-order chi connectivity index (χ1) is 8.00. The number of amides is 1. The van der Waals surface area contributed by atoms with Crippen molar-refractivity contribution in [3.05, 3.63) is 22.6 Å². The highest BCUT2D eigenvalue weighted by molar-refractivity contribution is 6.30. The number of carbonyl (C=O) groups excluding carboxylic acids is 2. The zero-order chi connectivity index (χ0) is 12.6. The van der Waals surface area contributed by atoms with Gasteiger partial charge in [-0.15, -0.1) is 0 Å². The third-order valence-corrected chi connectivity index (χ3v) is 3.64. The lowest BCUT2D eigenvalue weighted by Crippen LogP contribution is -2.38. The molecule has 2 rings (SSSR count). The van der Waals surface area contributed by atoms with Gasteiger partial charge in [0.25, 0.3) is 0 Å². The molecule has 0 aliphatic heterocycles. The van der Waals surface area contributed by atoms with E-state index in [2.05, 4.69) is 5.32 Å². The fourth-order valence-electron chi connectivity index (χ4n) is 2.50. The summed E-state index contributed by atoms with van der Waals surface area (Å²) in [6.45, 7) is 1.33. The molecule has 0 spiro atoms. The van der Waals surface area contributed by atoms with Gasteiger partial charge < -0.3 is 5.32 Å². The fraction of sp³-hybridized carbons (Fsp3) is 0.500. The van der Waals surface area contributed by atoms with Gasteiger partial charge in [-0.25, -0.2) is 4.39 Å². The first kappa shape index (κ1) is 12.3. The summed E-state index contributed by atoms with van der Waals surface area (Å²) in [6.07, 6.45) is 3.02. The van der Waals surface area contributed by atoms with Crippen LogP contribution in [-0.4, -0.2) is 11.7 Å². The number of fused-ring (bicyclic) bond motifs is 1. The molecule has 0 radical (unpaired) electrons. The molecule has 0 aromatic heterocycles. The second-order valence-corrected chi connectivity index (χ2v) is 4.83. The maximum absolute atomic E-state index is 13.6. The second-order valence-electron chi connectivity index (χ2n) is 4.42. The predicted molar refractivity (Wildman–Crippen MR) is 61.7 cm³/mol. The zero-order valence-electron chi connectivity index (χ0n) is 9.43. The molecule has 2 unspecified atom stereocenters. The van der Waals surface area contributed by atoms with Crippen LogP contribution >= 0.6 is 11.6 Å². The minimum absolute atomic E-state index is 0.0203. The van der Waals surface area contributed by atoms with E-state index < -0.39 is 11.7 Å². The molecule has 1 N–H and O–H groups in total. The third-order valence-electron chi connectivity index (χ3n) is 3.18. The summed E-state index contributed by atoms with van der Waals surface area (Å²) in [5.41, 5.74) is 0.342. The van der Waals surface area contributed by atoms with Crippen LogP contribution in [0, 0.1) is 11.8 Å². The van der Waals surface area contributed by atoms with Crippen molar-refractivity contribution in [2.24, 2.45) is 11.8 Å². The Hall–Kier alpha value is -1.16. The van der Waals surface area contributed by atoms with E-state index in [1.807, 2.05) is 0 Å². The van der Waals surface area contributed by atoms with Gasteiger partial charge in [-0.3, -0.25) is 9.59 Å². The topological polar surface area (TPSA) is 46.2 Å². The molecule has 1 amide bonds. The van der Waals surface area contributed by atoms with Crippen molar-refractivity contribution in [1.82, 2.24) is 5.32 Å². The molecule has 0 aromatic rings. The van der Waals surface area contributed by atoms with Crippen LogP contribution in [0.4, 0.5) is 4.39 Å². The van der Waals surface area contributed by atoms with Gasteiger partial charge >= 0.3 is 0 Å². The molecular formula is C12H13ClFNO2. The molecule has 1 fully saturated rings. The molecule has 0 saturated heterocycles. The zero-order valence-corrected chi connectivity index (χ0v) is 10.2. The lowest BCUT2D eigenvalue weighted by molar-refractivity contribution is -0.125. The highest BCUT2D eigenvalue weighted by atomic mass is 35.5. The van der Waals surface area contributed by atoms with Crippen LogP contribution < -0.4 is 5.32 Å². The average molecular weight is 258 g/mol. The number of nitrogens with one attached hydrogen (secondary N) is 1. The summed E-state index contributed by atoms with van der Waals surface area (Å²) < 4.78 is 13.6. The van der Waals surface area contributed by atoms with Crippen LogP contribution in [0.2, 0.25) is 0 Å². The van der Waals surface area contributed by atoms with Crippen molar-refractivity contribution in [2.75, 3.05) is 0 Å². The van der Waals surface area contributed by atoms with Gasteiger partial charge in [-0.2, -0.15) is 0 Å². The van der Waals surface area contributed by atoms with E-state index in [0.717, 1.165) is 12.5 Å². The lowest BCUT2D eigenvalue weighted by Gasteiger charge is -2.34. The largest absolute Gasteiger partial charge is 0.329 e. The number of Topliss-reactive ketones (excluding diaryl/α,β-unsaturated/α-hetero) is 1. The van der Waals surface area contributed by atoms with Crippen molar-refractivity contribution < 1.29 is 14.0 Å². The SMILES string of the molecule is CC(=O)NC1=CC(F)=C(Cl)C2CCCC(=O)C12. The summed E-state index contributed by atoms with van der Waals surface area (Å²) in [6, 6.07) is 0. The van der Waals surface area contributed by atoms with E-state index in [9.17, 15) is 14.0 Å². The monoisotopic (exact) mass is 257 g/mol. The van der Waals surface area contributed by atoms with Gasteiger partial charge in [0.1, 0.15) is 11.6 Å². The van der Waals surface area contributed by atoms with Gasteiger partial charge in [0.2, 0.25) is 5.91 Å². The molecule has 92 valence electrons. The first-order valence-corrected chi connectivity index (χ1v) is 5.95. The van der Waals surface area contributed by atoms with Crippen molar-refractivity contribution in [3.8, 4) is 0 Å². The van der Waals surface area contributed by atoms with E-state index in [1.54, 1.807) is 0 Å². The van der Waals surface area contributed by atoms with Gasteiger partial charge in [-0.05, 0) is 18.9 Å². The Bertz CT molecular complexity index is 442. The van der Waals surface area contributed by atoms with Gasteiger partial charge in [0.15, 0.2) is 0 Å². The van der Waals surface area contributed by atoms with Crippen LogP contribution in [0.3, 0.4) is 0 Å². The van der Waals surface area contributed by atoms with E-state index in [-0.39, 0.29) is 22.6 Å². The van der Waals surface area contributed by atoms with Crippen LogP contribution in [0.25, 0.3) is 0 Å². The predicted octanol–water partition coefficient (Wildman–Crippen LogP) is 2.43. The molecule has 2 atom stereocenters. The number of carbonyl (C=O) groups is 2. The van der Waals surface area contributed by atoms with E-state index in [4.69, 9.17) is 11.6 Å². The fourth-order valence-corrected chi connectivity index (χ4v) is 2.79. The molecule has 0 aromatic carbocycles. The van der Waals surface area contributed by atoms with Crippen LogP contribution in [0.1, 0.15) is 26.2 Å². The third kappa shape index (κ3) is 2.27. The smallest absolute Gasteiger partial charge is 0.221 e. The van der Waals surface area contributed by atoms with E-state index in [1.165, 1.54) is 6.92 Å². The molecule has 2 aliphatic rings. The lowest BCUT2D eigenvalue weighted by atomic mass is 9.74. The Morgan fingerprint density at radius 2 is 2.29 bits per heavy atom. The standard InChI is InChI=1S/C12H13ClFNO2/c1-6(16)15-9-5-8(14)12(13)7-3-2-4-10(17)11(7)9/h5,7,11H,2-4H2,1H3,(H,15,16). The van der Waals surface area contributed by atoms with Crippen molar-refractivity contribution in [2.45, 2.75) is 26.2 Å². The summed E-state index contributed by atoms with van der Waals surface area (Å²) >= 11 is 5.90. The molecule has 1 saturated carbocycles. The molecule has 0 heterocycles. The Kier molecular flexibility index (Phi) is 3.33. The maximum atomic E-state index is 13.6. The van der Waals surface area contributed by atoms with E-state index in [0.29, 0.717) is 18.5 Å². The Balaban J connectivity index is 2.38. The van der Waals surface area contributed by atoms with Gasteiger partial charge in [-0.1, -0.05) is 11.6 Å². The number of rotatable bonds is 1. The Morgan fingerprint density at radius 1 is 1.59 bits per heavy atom. The highest BCUT2D eigenvalue weighted by Crippen LogP contribution is 2.43. The number of hydrogen-bond acceptors (Lipinski definition) is 2. The minimum atomic E-state index is -0.550. The van der Waals surface area contributed by atoms with Crippen molar-refractivity contribution in [3.63, 3.8) is 0 Å². The highest BCUT2D eigenvalue weighted by Gasteiger charge is 2.40. The Labute approximate surface area is 104 Å². The molecule has 5 heteroatoms. The first-order valence-electron chi connectivity index (χ1n) is 5.57. The average Bonchev–Trinajstić information content (AvgIpc) is 2.24. The van der Waals surface area contributed by atoms with Crippen LogP contribution in [-0.2, 0) is 9.59 Å². The summed E-state index contributed by atoms with van der Waals surface area (Å²) in [5, 5.41) is 2.64. The number of hydrogen-bond donors (Lipinski definition) is 1. The van der Waals surface area contributed by atoms with Crippen LogP contribution in [0.5, 0.6) is 0 Å². The van der Waals surface area contributed by atoms with E-state index >= 15 is 0 Å².